The second-order valence-electron chi connectivity index (χ2n) is 5.72. The molecule has 0 fully saturated rings. The Morgan fingerprint density at radius 1 is 1.17 bits per heavy atom. The molecule has 1 aliphatic heterocycles. The maximum Gasteiger partial charge on any atom is 0.226 e. The number of ether oxygens (including phenoxy) is 1. The van der Waals surface area contributed by atoms with Gasteiger partial charge in [-0.3, -0.25) is 4.79 Å². The van der Waals surface area contributed by atoms with Crippen LogP contribution in [0.3, 0.4) is 0 Å². The molecule has 3 rings (SSSR count). The number of amides is 1. The molecule has 4 heteroatoms. The molecule has 0 atom stereocenters. The Morgan fingerprint density at radius 3 is 2.83 bits per heavy atom. The number of carbonyl (C=O) groups excluding carboxylic acids is 1. The number of nitrogens with one attached hydrogen (secondary N) is 1. The maximum atomic E-state index is 12.2. The fourth-order valence-corrected chi connectivity index (χ4v) is 3.04. The number of aryl methyl sites for hydroxylation is 1. The highest BCUT2D eigenvalue weighted by molar-refractivity contribution is 5.92. The Kier molecular flexibility index (Phi) is 4.81. The van der Waals surface area contributed by atoms with E-state index in [9.17, 15) is 4.79 Å². The third-order valence-electron chi connectivity index (χ3n) is 4.20. The second-order valence-corrected chi connectivity index (χ2v) is 5.72. The molecule has 1 heterocycles. The van der Waals surface area contributed by atoms with Gasteiger partial charge in [0.1, 0.15) is 5.75 Å². The first-order chi connectivity index (χ1) is 11.3. The lowest BCUT2D eigenvalue weighted by atomic mass is 10.0. The Labute approximate surface area is 137 Å². The summed E-state index contributed by atoms with van der Waals surface area (Å²) >= 11 is 0. The van der Waals surface area contributed by atoms with Gasteiger partial charge in [0.2, 0.25) is 5.91 Å². The monoisotopic (exact) mass is 310 g/mol. The molecule has 0 unspecified atom stereocenters. The van der Waals surface area contributed by atoms with E-state index in [-0.39, 0.29) is 5.91 Å². The van der Waals surface area contributed by atoms with Crippen molar-refractivity contribution < 1.29 is 9.53 Å². The summed E-state index contributed by atoms with van der Waals surface area (Å²) in [5, 5.41) is 2.93. The van der Waals surface area contributed by atoms with E-state index in [2.05, 4.69) is 34.5 Å². The van der Waals surface area contributed by atoms with Gasteiger partial charge in [-0.25, -0.2) is 0 Å². The van der Waals surface area contributed by atoms with Gasteiger partial charge >= 0.3 is 0 Å². The van der Waals surface area contributed by atoms with Gasteiger partial charge in [0.25, 0.3) is 0 Å². The number of methoxy groups -OCH3 is 1. The SMILES string of the molecule is COc1ccccc1NC(=O)CCN1CCCc2ccccc21. The molecule has 0 radical (unpaired) electrons. The summed E-state index contributed by atoms with van der Waals surface area (Å²) in [6.45, 7) is 1.75. The third kappa shape index (κ3) is 3.65. The number of hydrogen-bond donors (Lipinski definition) is 1. The summed E-state index contributed by atoms with van der Waals surface area (Å²) in [6.07, 6.45) is 2.73. The van der Waals surface area contributed by atoms with Crippen LogP contribution in [0, 0.1) is 0 Å². The summed E-state index contributed by atoms with van der Waals surface area (Å²) in [7, 11) is 1.61. The third-order valence-corrected chi connectivity index (χ3v) is 4.20. The first-order valence-electron chi connectivity index (χ1n) is 8.03. The van der Waals surface area contributed by atoms with E-state index in [0.29, 0.717) is 12.2 Å². The van der Waals surface area contributed by atoms with Crippen molar-refractivity contribution in [3.05, 3.63) is 54.1 Å². The molecule has 0 spiro atoms. The molecule has 1 aliphatic rings. The molecule has 1 amide bonds. The van der Waals surface area contributed by atoms with Crippen LogP contribution in [0.2, 0.25) is 0 Å². The Balaban J connectivity index is 1.60. The molecular weight excluding hydrogens is 288 g/mol. The smallest absolute Gasteiger partial charge is 0.226 e. The Bertz CT molecular complexity index is 685. The molecule has 120 valence electrons. The zero-order valence-corrected chi connectivity index (χ0v) is 13.4. The maximum absolute atomic E-state index is 12.2. The number of fused-ring (bicyclic) bond motifs is 1. The van der Waals surface area contributed by atoms with Crippen molar-refractivity contribution in [3.8, 4) is 5.75 Å². The average molecular weight is 310 g/mol. The number of para-hydroxylation sites is 3. The zero-order valence-electron chi connectivity index (χ0n) is 13.4. The van der Waals surface area contributed by atoms with Gasteiger partial charge in [-0.05, 0) is 36.6 Å². The first kappa shape index (κ1) is 15.4. The number of nitrogens with zero attached hydrogens (tertiary/aromatic N) is 1. The molecule has 1 N–H and O–H groups in total. The van der Waals surface area contributed by atoms with Gasteiger partial charge in [0, 0.05) is 25.2 Å². The van der Waals surface area contributed by atoms with Crippen molar-refractivity contribution in [3.63, 3.8) is 0 Å². The van der Waals surface area contributed by atoms with Gasteiger partial charge < -0.3 is 15.0 Å². The van der Waals surface area contributed by atoms with Gasteiger partial charge in [-0.15, -0.1) is 0 Å². The molecule has 23 heavy (non-hydrogen) atoms. The van der Waals surface area contributed by atoms with Crippen LogP contribution in [0.15, 0.2) is 48.5 Å². The molecule has 0 saturated carbocycles. The second kappa shape index (κ2) is 7.18. The van der Waals surface area contributed by atoms with Crippen LogP contribution in [-0.2, 0) is 11.2 Å². The van der Waals surface area contributed by atoms with Crippen molar-refractivity contribution in [1.82, 2.24) is 0 Å². The highest BCUT2D eigenvalue weighted by atomic mass is 16.5. The van der Waals surface area contributed by atoms with Crippen LogP contribution >= 0.6 is 0 Å². The Hall–Kier alpha value is -2.49. The predicted molar refractivity (Wildman–Crippen MR) is 93.2 cm³/mol. The standard InChI is InChI=1S/C19H22N2O2/c1-23-18-11-5-3-9-16(18)20-19(22)12-14-21-13-6-8-15-7-2-4-10-17(15)21/h2-5,7,9-11H,6,8,12-14H2,1H3,(H,20,22). The summed E-state index contributed by atoms with van der Waals surface area (Å²) in [6, 6.07) is 15.9. The van der Waals surface area contributed by atoms with Crippen molar-refractivity contribution >= 4 is 17.3 Å². The fourth-order valence-electron chi connectivity index (χ4n) is 3.04. The summed E-state index contributed by atoms with van der Waals surface area (Å²) in [5.41, 5.74) is 3.37. The number of benzene rings is 2. The first-order valence-corrected chi connectivity index (χ1v) is 8.03. The topological polar surface area (TPSA) is 41.6 Å². The highest BCUT2D eigenvalue weighted by Crippen LogP contribution is 2.27. The lowest BCUT2D eigenvalue weighted by molar-refractivity contribution is -0.116. The van der Waals surface area contributed by atoms with E-state index in [0.717, 1.165) is 31.6 Å². The fraction of sp³-hybridized carbons (Fsp3) is 0.316. The zero-order chi connectivity index (χ0) is 16.1. The van der Waals surface area contributed by atoms with Gasteiger partial charge in [0.15, 0.2) is 0 Å². The van der Waals surface area contributed by atoms with E-state index < -0.39 is 0 Å². The van der Waals surface area contributed by atoms with Crippen molar-refractivity contribution in [2.45, 2.75) is 19.3 Å². The minimum Gasteiger partial charge on any atom is -0.495 e. The van der Waals surface area contributed by atoms with E-state index in [1.165, 1.54) is 11.3 Å². The van der Waals surface area contributed by atoms with Crippen LogP contribution in [0.5, 0.6) is 5.75 Å². The molecule has 2 aromatic rings. The molecule has 2 aromatic carbocycles. The minimum absolute atomic E-state index is 0.0116. The van der Waals surface area contributed by atoms with Crippen molar-refractivity contribution in [2.24, 2.45) is 0 Å². The van der Waals surface area contributed by atoms with Gasteiger partial charge in [0.05, 0.1) is 12.8 Å². The van der Waals surface area contributed by atoms with Gasteiger partial charge in [-0.2, -0.15) is 0 Å². The molecule has 0 aromatic heterocycles. The lowest BCUT2D eigenvalue weighted by Gasteiger charge is -2.31. The number of hydrogen-bond acceptors (Lipinski definition) is 3. The average Bonchev–Trinajstić information content (AvgIpc) is 2.60. The van der Waals surface area contributed by atoms with E-state index in [4.69, 9.17) is 4.74 Å². The summed E-state index contributed by atoms with van der Waals surface area (Å²) in [4.78, 5) is 14.5. The van der Waals surface area contributed by atoms with Crippen molar-refractivity contribution in [2.75, 3.05) is 30.4 Å². The Morgan fingerprint density at radius 2 is 1.96 bits per heavy atom. The van der Waals surface area contributed by atoms with E-state index >= 15 is 0 Å². The molecule has 0 bridgehead atoms. The molecule has 0 aliphatic carbocycles. The minimum atomic E-state index is 0.0116. The molecular formula is C19H22N2O2. The predicted octanol–water partition coefficient (Wildman–Crippen LogP) is 3.48. The quantitative estimate of drug-likeness (QED) is 0.919. The number of rotatable bonds is 5. The van der Waals surface area contributed by atoms with Crippen LogP contribution in [-0.4, -0.2) is 26.1 Å². The highest BCUT2D eigenvalue weighted by Gasteiger charge is 2.17. The molecule has 0 saturated heterocycles. The number of anilines is 2. The van der Waals surface area contributed by atoms with Crippen LogP contribution in [0.25, 0.3) is 0 Å². The summed E-state index contributed by atoms with van der Waals surface area (Å²) in [5.74, 6) is 0.696. The molecule has 4 nitrogen and oxygen atoms in total. The number of carbonyl (C=O) groups is 1. The lowest BCUT2D eigenvalue weighted by Crippen LogP contribution is -2.32. The van der Waals surface area contributed by atoms with E-state index in [1.54, 1.807) is 7.11 Å². The van der Waals surface area contributed by atoms with Crippen LogP contribution < -0.4 is 15.0 Å². The normalized spacial score (nSPS) is 13.3. The van der Waals surface area contributed by atoms with Crippen LogP contribution in [0.4, 0.5) is 11.4 Å². The van der Waals surface area contributed by atoms with Crippen molar-refractivity contribution in [1.29, 1.82) is 0 Å². The van der Waals surface area contributed by atoms with Gasteiger partial charge in [-0.1, -0.05) is 30.3 Å². The summed E-state index contributed by atoms with van der Waals surface area (Å²) < 4.78 is 5.26. The van der Waals surface area contributed by atoms with E-state index in [1.807, 2.05) is 24.3 Å². The largest absolute Gasteiger partial charge is 0.495 e. The van der Waals surface area contributed by atoms with Crippen LogP contribution in [0.1, 0.15) is 18.4 Å².